The molecule has 1 amide bonds. The number of aryl methyl sites for hydroxylation is 1. The van der Waals surface area contributed by atoms with E-state index in [1.807, 2.05) is 18.2 Å². The molecule has 2 aromatic carbocycles. The highest BCUT2D eigenvalue weighted by Crippen LogP contribution is 2.27. The Hall–Kier alpha value is -3.09. The van der Waals surface area contributed by atoms with Crippen molar-refractivity contribution in [3.8, 4) is 11.5 Å². The first-order valence-electron chi connectivity index (χ1n) is 8.71. The predicted molar refractivity (Wildman–Crippen MR) is 101 cm³/mol. The molecule has 0 saturated heterocycles. The minimum atomic E-state index is -0.304. The molecule has 3 aromatic rings. The Morgan fingerprint density at radius 1 is 1.11 bits per heavy atom. The zero-order chi connectivity index (χ0) is 19.2. The maximum absolute atomic E-state index is 13.2. The molecule has 0 spiro atoms. The number of benzene rings is 2. The lowest BCUT2D eigenvalue weighted by Crippen LogP contribution is -2.26. The van der Waals surface area contributed by atoms with Gasteiger partial charge in [-0.15, -0.1) is 0 Å². The van der Waals surface area contributed by atoms with Crippen LogP contribution in [0.2, 0.25) is 0 Å². The second kappa shape index (κ2) is 8.53. The number of nitrogens with one attached hydrogen (secondary N) is 2. The molecule has 0 bridgehead atoms. The van der Waals surface area contributed by atoms with Gasteiger partial charge < -0.3 is 19.8 Å². The summed E-state index contributed by atoms with van der Waals surface area (Å²) in [6.45, 7) is 0.465. The van der Waals surface area contributed by atoms with Gasteiger partial charge in [0, 0.05) is 19.4 Å². The number of imidazole rings is 1. The number of nitrogens with zero attached hydrogens (tertiary/aromatic N) is 1. The first-order chi connectivity index (χ1) is 13.1. The number of methoxy groups -OCH3 is 2. The summed E-state index contributed by atoms with van der Waals surface area (Å²) in [7, 11) is 3.17. The van der Waals surface area contributed by atoms with Crippen LogP contribution in [0.3, 0.4) is 0 Å². The van der Waals surface area contributed by atoms with Crippen molar-refractivity contribution in [1.29, 1.82) is 0 Å². The third kappa shape index (κ3) is 4.75. The van der Waals surface area contributed by atoms with Crippen molar-refractivity contribution >= 4 is 16.9 Å². The van der Waals surface area contributed by atoms with Gasteiger partial charge in [-0.25, -0.2) is 9.37 Å². The summed E-state index contributed by atoms with van der Waals surface area (Å²) in [5.74, 6) is 1.69. The molecule has 0 fully saturated rings. The fraction of sp³-hybridized carbons (Fsp3) is 0.300. The third-order valence-corrected chi connectivity index (χ3v) is 4.27. The summed E-state index contributed by atoms with van der Waals surface area (Å²) in [4.78, 5) is 19.5. The van der Waals surface area contributed by atoms with E-state index in [0.29, 0.717) is 48.3 Å². The number of aromatic amines is 1. The zero-order valence-corrected chi connectivity index (χ0v) is 15.3. The van der Waals surface area contributed by atoms with Crippen LogP contribution in [0.25, 0.3) is 11.0 Å². The number of halogens is 1. The van der Waals surface area contributed by atoms with E-state index in [1.165, 1.54) is 12.1 Å². The number of ether oxygens (including phenoxy) is 2. The lowest BCUT2D eigenvalue weighted by atomic mass is 10.1. The maximum Gasteiger partial charge on any atom is 0.220 e. The number of carbonyl (C=O) groups is 1. The molecule has 7 heteroatoms. The van der Waals surface area contributed by atoms with Gasteiger partial charge in [-0.05, 0) is 42.3 Å². The van der Waals surface area contributed by atoms with Crippen LogP contribution >= 0.6 is 0 Å². The Bertz CT molecular complexity index is 939. The number of H-pyrrole nitrogens is 1. The van der Waals surface area contributed by atoms with Crippen LogP contribution in [0.4, 0.5) is 4.39 Å². The van der Waals surface area contributed by atoms with Gasteiger partial charge in [-0.3, -0.25) is 4.79 Å². The minimum absolute atomic E-state index is 0.0352. The lowest BCUT2D eigenvalue weighted by Gasteiger charge is -2.09. The summed E-state index contributed by atoms with van der Waals surface area (Å²) in [5.41, 5.74) is 2.37. The van der Waals surface area contributed by atoms with E-state index >= 15 is 0 Å². The average molecular weight is 371 g/mol. The van der Waals surface area contributed by atoms with Crippen LogP contribution in [0.1, 0.15) is 17.8 Å². The predicted octanol–water partition coefficient (Wildman–Crippen LogP) is 3.01. The SMILES string of the molecule is COc1ccc(CCC(=O)NCCc2nc3ccc(F)cc3[nH]2)cc1OC. The molecule has 1 heterocycles. The van der Waals surface area contributed by atoms with E-state index in [0.717, 1.165) is 11.4 Å². The van der Waals surface area contributed by atoms with Crippen LogP contribution in [-0.4, -0.2) is 36.6 Å². The molecule has 6 nitrogen and oxygen atoms in total. The van der Waals surface area contributed by atoms with Crippen LogP contribution in [0.5, 0.6) is 11.5 Å². The molecule has 0 aliphatic carbocycles. The summed E-state index contributed by atoms with van der Waals surface area (Å²) in [6, 6.07) is 10.0. The molecule has 0 aliphatic rings. The van der Waals surface area contributed by atoms with E-state index in [-0.39, 0.29) is 11.7 Å². The van der Waals surface area contributed by atoms with Gasteiger partial charge in [0.05, 0.1) is 25.3 Å². The zero-order valence-electron chi connectivity index (χ0n) is 15.3. The molecule has 27 heavy (non-hydrogen) atoms. The van der Waals surface area contributed by atoms with Crippen molar-refractivity contribution in [3.05, 3.63) is 53.6 Å². The number of aromatic nitrogens is 2. The Morgan fingerprint density at radius 3 is 2.70 bits per heavy atom. The lowest BCUT2D eigenvalue weighted by molar-refractivity contribution is -0.121. The molecule has 0 saturated carbocycles. The fourth-order valence-corrected chi connectivity index (χ4v) is 2.86. The van der Waals surface area contributed by atoms with Crippen LogP contribution in [0, 0.1) is 5.82 Å². The molecule has 0 radical (unpaired) electrons. The summed E-state index contributed by atoms with van der Waals surface area (Å²) >= 11 is 0. The van der Waals surface area contributed by atoms with Crippen molar-refractivity contribution in [1.82, 2.24) is 15.3 Å². The van der Waals surface area contributed by atoms with Gasteiger partial charge >= 0.3 is 0 Å². The smallest absolute Gasteiger partial charge is 0.220 e. The highest BCUT2D eigenvalue weighted by atomic mass is 19.1. The number of amides is 1. The molecule has 0 aliphatic heterocycles. The first-order valence-corrected chi connectivity index (χ1v) is 8.71. The van der Waals surface area contributed by atoms with E-state index in [4.69, 9.17) is 9.47 Å². The van der Waals surface area contributed by atoms with Gasteiger partial charge in [0.1, 0.15) is 11.6 Å². The van der Waals surface area contributed by atoms with Gasteiger partial charge in [0.15, 0.2) is 11.5 Å². The van der Waals surface area contributed by atoms with Crippen molar-refractivity contribution in [2.45, 2.75) is 19.3 Å². The van der Waals surface area contributed by atoms with Crippen molar-refractivity contribution in [2.75, 3.05) is 20.8 Å². The summed E-state index contributed by atoms with van der Waals surface area (Å²) in [5, 5.41) is 2.88. The highest BCUT2D eigenvalue weighted by Gasteiger charge is 2.08. The molecule has 3 rings (SSSR count). The second-order valence-corrected chi connectivity index (χ2v) is 6.13. The fourth-order valence-electron chi connectivity index (χ4n) is 2.86. The Labute approximate surface area is 156 Å². The van der Waals surface area contributed by atoms with E-state index in [2.05, 4.69) is 15.3 Å². The van der Waals surface area contributed by atoms with E-state index < -0.39 is 0 Å². The average Bonchev–Trinajstić information content (AvgIpc) is 3.07. The van der Waals surface area contributed by atoms with Crippen LogP contribution in [-0.2, 0) is 17.6 Å². The van der Waals surface area contributed by atoms with Gasteiger partial charge in [0.2, 0.25) is 5.91 Å². The van der Waals surface area contributed by atoms with Gasteiger partial charge in [0.25, 0.3) is 0 Å². The van der Waals surface area contributed by atoms with E-state index in [9.17, 15) is 9.18 Å². The standard InChI is InChI=1S/C20H22FN3O3/c1-26-17-7-3-13(11-18(17)27-2)4-8-20(25)22-10-9-19-23-15-6-5-14(21)12-16(15)24-19/h3,5-7,11-12H,4,8-10H2,1-2H3,(H,22,25)(H,23,24). The number of hydrogen-bond acceptors (Lipinski definition) is 4. The van der Waals surface area contributed by atoms with Crippen LogP contribution in [0.15, 0.2) is 36.4 Å². The Kier molecular flexibility index (Phi) is 5.90. The number of carbonyl (C=O) groups excluding carboxylic acids is 1. The quantitative estimate of drug-likeness (QED) is 0.638. The minimum Gasteiger partial charge on any atom is -0.493 e. The normalized spacial score (nSPS) is 10.8. The molecule has 2 N–H and O–H groups in total. The summed E-state index contributed by atoms with van der Waals surface area (Å²) in [6.07, 6.45) is 1.54. The Balaban J connectivity index is 1.46. The monoisotopic (exact) mass is 371 g/mol. The third-order valence-electron chi connectivity index (χ3n) is 4.27. The molecule has 0 atom stereocenters. The van der Waals surface area contributed by atoms with E-state index in [1.54, 1.807) is 20.3 Å². The van der Waals surface area contributed by atoms with Gasteiger partial charge in [-0.2, -0.15) is 0 Å². The van der Waals surface area contributed by atoms with Crippen molar-refractivity contribution in [3.63, 3.8) is 0 Å². The largest absolute Gasteiger partial charge is 0.493 e. The van der Waals surface area contributed by atoms with Crippen molar-refractivity contribution < 1.29 is 18.7 Å². The number of fused-ring (bicyclic) bond motifs is 1. The van der Waals surface area contributed by atoms with Gasteiger partial charge in [-0.1, -0.05) is 6.07 Å². The molecular weight excluding hydrogens is 349 g/mol. The summed E-state index contributed by atoms with van der Waals surface area (Å²) < 4.78 is 23.7. The molecule has 1 aromatic heterocycles. The first kappa shape index (κ1) is 18.7. The Morgan fingerprint density at radius 2 is 1.93 bits per heavy atom. The number of rotatable bonds is 8. The second-order valence-electron chi connectivity index (χ2n) is 6.13. The molecule has 0 unspecified atom stereocenters. The number of hydrogen-bond donors (Lipinski definition) is 2. The molecule has 142 valence electrons. The highest BCUT2D eigenvalue weighted by molar-refractivity contribution is 5.76. The maximum atomic E-state index is 13.2. The molecular formula is C20H22FN3O3. The van der Waals surface area contributed by atoms with Crippen molar-refractivity contribution in [2.24, 2.45) is 0 Å². The van der Waals surface area contributed by atoms with Crippen LogP contribution < -0.4 is 14.8 Å². The topological polar surface area (TPSA) is 76.2 Å².